The maximum absolute atomic E-state index is 10.2. The van der Waals surface area contributed by atoms with Crippen molar-refractivity contribution in [3.05, 3.63) is 26.9 Å². The van der Waals surface area contributed by atoms with Gasteiger partial charge in [0.15, 0.2) is 0 Å². The van der Waals surface area contributed by atoms with Gasteiger partial charge in [-0.05, 0) is 43.8 Å². The van der Waals surface area contributed by atoms with Crippen LogP contribution in [0.1, 0.15) is 12.0 Å². The van der Waals surface area contributed by atoms with E-state index in [1.807, 2.05) is 0 Å². The summed E-state index contributed by atoms with van der Waals surface area (Å²) in [4.78, 5) is 14.1. The Labute approximate surface area is 87.6 Å². The molecule has 1 aromatic heterocycles. The van der Waals surface area contributed by atoms with Crippen molar-refractivity contribution in [1.29, 1.82) is 0 Å². The maximum atomic E-state index is 10.2. The van der Waals surface area contributed by atoms with Gasteiger partial charge in [-0.1, -0.05) is 0 Å². The number of carbonyl (C=O) groups excluding carboxylic acids is 1. The van der Waals surface area contributed by atoms with E-state index in [1.54, 1.807) is 12.4 Å². The van der Waals surface area contributed by atoms with E-state index in [0.29, 0.717) is 6.42 Å². The molecule has 0 spiro atoms. The zero-order chi connectivity index (χ0) is 8.97. The Kier molecular flexibility index (Phi) is 3.88. The fraction of sp³-hybridized carbons (Fsp3) is 0.250. The summed E-state index contributed by atoms with van der Waals surface area (Å²) in [7, 11) is 0. The van der Waals surface area contributed by atoms with Gasteiger partial charge in [-0.3, -0.25) is 4.98 Å². The zero-order valence-corrected chi connectivity index (χ0v) is 9.43. The lowest BCUT2D eigenvalue weighted by molar-refractivity contribution is -0.107. The number of carbonyl (C=O) groups is 1. The third-order valence-corrected chi connectivity index (χ3v) is 2.83. The molecular formula is C8H7Br2NO. The highest BCUT2D eigenvalue weighted by Gasteiger charge is 2.03. The minimum Gasteiger partial charge on any atom is -0.303 e. The van der Waals surface area contributed by atoms with Gasteiger partial charge >= 0.3 is 0 Å². The smallest absolute Gasteiger partial charge is 0.120 e. The fourth-order valence-corrected chi connectivity index (χ4v) is 2.21. The Morgan fingerprint density at radius 1 is 1.33 bits per heavy atom. The highest BCUT2D eigenvalue weighted by Crippen LogP contribution is 2.24. The Balaban J connectivity index is 2.88. The van der Waals surface area contributed by atoms with E-state index in [9.17, 15) is 4.79 Å². The summed E-state index contributed by atoms with van der Waals surface area (Å²) in [6, 6.07) is 0. The number of rotatable bonds is 3. The van der Waals surface area contributed by atoms with Crippen LogP contribution in [0.25, 0.3) is 0 Å². The van der Waals surface area contributed by atoms with Gasteiger partial charge in [0.25, 0.3) is 0 Å². The fourth-order valence-electron chi connectivity index (χ4n) is 0.880. The van der Waals surface area contributed by atoms with Crippen LogP contribution in [0.15, 0.2) is 21.3 Å². The van der Waals surface area contributed by atoms with Crippen molar-refractivity contribution in [1.82, 2.24) is 4.98 Å². The molecule has 0 amide bonds. The zero-order valence-electron chi connectivity index (χ0n) is 6.26. The van der Waals surface area contributed by atoms with Gasteiger partial charge in [-0.15, -0.1) is 0 Å². The Hall–Kier alpha value is -0.220. The first-order chi connectivity index (χ1) is 5.75. The highest BCUT2D eigenvalue weighted by atomic mass is 79.9. The molecule has 1 aromatic rings. The van der Waals surface area contributed by atoms with Crippen LogP contribution in [0.2, 0.25) is 0 Å². The van der Waals surface area contributed by atoms with Crippen LogP contribution in [0.4, 0.5) is 0 Å². The first kappa shape index (κ1) is 9.86. The number of pyridine rings is 1. The van der Waals surface area contributed by atoms with Crippen LogP contribution < -0.4 is 0 Å². The Bertz CT molecular complexity index is 268. The molecule has 0 N–H and O–H groups in total. The van der Waals surface area contributed by atoms with E-state index in [0.717, 1.165) is 27.2 Å². The Morgan fingerprint density at radius 3 is 2.42 bits per heavy atom. The molecule has 0 aliphatic carbocycles. The summed E-state index contributed by atoms with van der Waals surface area (Å²) in [5.41, 5.74) is 1.09. The summed E-state index contributed by atoms with van der Waals surface area (Å²) < 4.78 is 1.89. The molecule has 1 heterocycles. The van der Waals surface area contributed by atoms with Gasteiger partial charge in [0.05, 0.1) is 0 Å². The van der Waals surface area contributed by atoms with Gasteiger partial charge in [0, 0.05) is 27.8 Å². The predicted molar refractivity (Wildman–Crippen MR) is 54.0 cm³/mol. The van der Waals surface area contributed by atoms with Gasteiger partial charge in [-0.25, -0.2) is 0 Å². The number of aldehydes is 1. The molecular weight excluding hydrogens is 286 g/mol. The number of halogens is 2. The molecule has 0 radical (unpaired) electrons. The first-order valence-electron chi connectivity index (χ1n) is 3.47. The topological polar surface area (TPSA) is 30.0 Å². The average Bonchev–Trinajstić information content (AvgIpc) is 2.04. The first-order valence-corrected chi connectivity index (χ1v) is 5.06. The number of nitrogens with zero attached hydrogens (tertiary/aromatic N) is 1. The van der Waals surface area contributed by atoms with E-state index in [1.165, 1.54) is 0 Å². The van der Waals surface area contributed by atoms with Crippen molar-refractivity contribution < 1.29 is 4.79 Å². The summed E-state index contributed by atoms with van der Waals surface area (Å²) in [5, 5.41) is 0. The molecule has 0 unspecified atom stereocenters. The van der Waals surface area contributed by atoms with Crippen molar-refractivity contribution in [2.24, 2.45) is 0 Å². The molecule has 0 aliphatic heterocycles. The van der Waals surface area contributed by atoms with Gasteiger partial charge in [-0.2, -0.15) is 0 Å². The second kappa shape index (κ2) is 4.72. The van der Waals surface area contributed by atoms with E-state index in [-0.39, 0.29) is 0 Å². The minimum absolute atomic E-state index is 0.543. The average molecular weight is 293 g/mol. The number of aromatic nitrogens is 1. The molecule has 2 nitrogen and oxygen atoms in total. The second-order valence-electron chi connectivity index (χ2n) is 2.29. The molecule has 0 bridgehead atoms. The van der Waals surface area contributed by atoms with E-state index in [2.05, 4.69) is 36.8 Å². The predicted octanol–water partition coefficient (Wildman–Crippen LogP) is 2.74. The summed E-state index contributed by atoms with van der Waals surface area (Å²) in [6.07, 6.45) is 5.66. The van der Waals surface area contributed by atoms with Crippen molar-refractivity contribution >= 4 is 38.1 Å². The highest BCUT2D eigenvalue weighted by molar-refractivity contribution is 9.11. The molecule has 64 valence electrons. The lowest BCUT2D eigenvalue weighted by Crippen LogP contribution is -1.90. The Morgan fingerprint density at radius 2 is 1.92 bits per heavy atom. The van der Waals surface area contributed by atoms with Crippen LogP contribution in [0.5, 0.6) is 0 Å². The molecule has 4 heteroatoms. The van der Waals surface area contributed by atoms with Crippen LogP contribution in [0, 0.1) is 0 Å². The standard InChI is InChI=1S/C8H7Br2NO/c9-7-4-11-5-8(10)6(7)2-1-3-12/h3-5H,1-2H2. The second-order valence-corrected chi connectivity index (χ2v) is 4.00. The maximum Gasteiger partial charge on any atom is 0.120 e. The van der Waals surface area contributed by atoms with Crippen LogP contribution in [-0.4, -0.2) is 11.3 Å². The summed E-state index contributed by atoms with van der Waals surface area (Å²) >= 11 is 6.74. The van der Waals surface area contributed by atoms with Gasteiger partial charge in [0.2, 0.25) is 0 Å². The third kappa shape index (κ3) is 2.38. The van der Waals surface area contributed by atoms with Crippen molar-refractivity contribution in [3.8, 4) is 0 Å². The SMILES string of the molecule is O=CCCc1c(Br)cncc1Br. The normalized spacial score (nSPS) is 9.83. The summed E-state index contributed by atoms with van der Waals surface area (Å²) in [5.74, 6) is 0. The van der Waals surface area contributed by atoms with Gasteiger partial charge in [0.1, 0.15) is 6.29 Å². The van der Waals surface area contributed by atoms with E-state index < -0.39 is 0 Å². The summed E-state index contributed by atoms with van der Waals surface area (Å²) in [6.45, 7) is 0. The lowest BCUT2D eigenvalue weighted by atomic mass is 10.1. The van der Waals surface area contributed by atoms with Crippen LogP contribution in [-0.2, 0) is 11.2 Å². The monoisotopic (exact) mass is 291 g/mol. The van der Waals surface area contributed by atoms with Crippen molar-refractivity contribution in [2.75, 3.05) is 0 Å². The molecule has 0 saturated heterocycles. The molecule has 0 atom stereocenters. The van der Waals surface area contributed by atoms with Crippen molar-refractivity contribution in [3.63, 3.8) is 0 Å². The molecule has 0 aromatic carbocycles. The molecule has 12 heavy (non-hydrogen) atoms. The molecule has 0 fully saturated rings. The van der Waals surface area contributed by atoms with Crippen LogP contribution in [0.3, 0.4) is 0 Å². The third-order valence-electron chi connectivity index (χ3n) is 1.46. The quantitative estimate of drug-likeness (QED) is 0.802. The largest absolute Gasteiger partial charge is 0.303 e. The minimum atomic E-state index is 0.543. The van der Waals surface area contributed by atoms with Gasteiger partial charge < -0.3 is 4.79 Å². The molecule has 0 saturated carbocycles. The lowest BCUT2D eigenvalue weighted by Gasteiger charge is -2.03. The van der Waals surface area contributed by atoms with E-state index in [4.69, 9.17) is 0 Å². The number of hydrogen-bond donors (Lipinski definition) is 0. The molecule has 0 aliphatic rings. The number of hydrogen-bond acceptors (Lipinski definition) is 2. The van der Waals surface area contributed by atoms with Crippen molar-refractivity contribution in [2.45, 2.75) is 12.8 Å². The van der Waals surface area contributed by atoms with E-state index >= 15 is 0 Å². The van der Waals surface area contributed by atoms with Crippen LogP contribution >= 0.6 is 31.9 Å². The molecule has 1 rings (SSSR count).